The number of ether oxygens (including phenoxy) is 2. The summed E-state index contributed by atoms with van der Waals surface area (Å²) >= 11 is 0. The van der Waals surface area contributed by atoms with Crippen LogP contribution in [0.4, 0.5) is 0 Å². The van der Waals surface area contributed by atoms with E-state index >= 15 is 0 Å². The Morgan fingerprint density at radius 1 is 0.568 bits per heavy atom. The van der Waals surface area contributed by atoms with Crippen LogP contribution in [0.5, 0.6) is 0 Å². The fraction of sp³-hybridized carbons (Fsp3) is 0.882. The molecule has 4 atom stereocenters. The zero-order chi connectivity index (χ0) is 26.4. The molecular formula is C34H63NO2. The first-order valence-corrected chi connectivity index (χ1v) is 16.6. The molecular weight excluding hydrogens is 454 g/mol. The first kappa shape index (κ1) is 32.6. The van der Waals surface area contributed by atoms with Crippen molar-refractivity contribution in [2.45, 2.75) is 192 Å². The Hall–Kier alpha value is -0.640. The standard InChI is InChI=1S/C34H63NO2/c1-3-5-7-9-11-13-14-15-16-17-18-19-20-22-24-26-28-34(27-25-23-21-12-10-8-6-4-2)36-32-29-31(35)30-33(32)37-34/h11,13,15-16,31-33H,3-10,12,14,17-30,35H2,1-2H3/b13-11-,16-15-/t31-,32-,33+,34?. The summed E-state index contributed by atoms with van der Waals surface area (Å²) in [5.74, 6) is -0.313. The minimum absolute atomic E-state index is 0.244. The van der Waals surface area contributed by atoms with E-state index in [1.807, 2.05) is 0 Å². The van der Waals surface area contributed by atoms with Crippen molar-refractivity contribution >= 4 is 0 Å². The molecule has 2 N–H and O–H groups in total. The predicted molar refractivity (Wildman–Crippen MR) is 161 cm³/mol. The molecule has 1 unspecified atom stereocenters. The highest BCUT2D eigenvalue weighted by Gasteiger charge is 2.50. The van der Waals surface area contributed by atoms with E-state index in [0.717, 1.165) is 32.1 Å². The molecule has 2 aliphatic rings. The smallest absolute Gasteiger partial charge is 0.169 e. The van der Waals surface area contributed by atoms with Crippen LogP contribution >= 0.6 is 0 Å². The van der Waals surface area contributed by atoms with Gasteiger partial charge in [-0.1, -0.05) is 122 Å². The Kier molecular flexibility index (Phi) is 18.7. The summed E-state index contributed by atoms with van der Waals surface area (Å²) in [5, 5.41) is 0. The van der Waals surface area contributed by atoms with E-state index in [0.29, 0.717) is 0 Å². The molecule has 3 heteroatoms. The van der Waals surface area contributed by atoms with E-state index in [2.05, 4.69) is 38.2 Å². The van der Waals surface area contributed by atoms with Gasteiger partial charge in [-0.3, -0.25) is 0 Å². The van der Waals surface area contributed by atoms with E-state index < -0.39 is 0 Å². The molecule has 2 fully saturated rings. The first-order valence-electron chi connectivity index (χ1n) is 16.6. The highest BCUT2D eigenvalue weighted by Crippen LogP contribution is 2.43. The lowest BCUT2D eigenvalue weighted by atomic mass is 9.98. The minimum atomic E-state index is -0.313. The van der Waals surface area contributed by atoms with Crippen molar-refractivity contribution in [3.8, 4) is 0 Å². The van der Waals surface area contributed by atoms with E-state index in [-0.39, 0.29) is 24.0 Å². The number of nitrogens with two attached hydrogens (primary N) is 1. The van der Waals surface area contributed by atoms with Gasteiger partial charge in [-0.05, 0) is 57.8 Å². The highest BCUT2D eigenvalue weighted by molar-refractivity contribution is 4.95. The number of unbranched alkanes of at least 4 members (excludes halogenated alkanes) is 16. The van der Waals surface area contributed by atoms with Crippen LogP contribution in [-0.2, 0) is 9.47 Å². The summed E-state index contributed by atoms with van der Waals surface area (Å²) in [6.45, 7) is 4.56. The molecule has 2 rings (SSSR count). The molecule has 1 aliphatic carbocycles. The van der Waals surface area contributed by atoms with Gasteiger partial charge in [0, 0.05) is 18.9 Å². The van der Waals surface area contributed by atoms with Crippen LogP contribution in [0.3, 0.4) is 0 Å². The van der Waals surface area contributed by atoms with Crippen molar-refractivity contribution in [3.63, 3.8) is 0 Å². The third-order valence-electron chi connectivity index (χ3n) is 8.39. The molecule has 0 aromatic heterocycles. The number of hydrogen-bond acceptors (Lipinski definition) is 3. The van der Waals surface area contributed by atoms with Gasteiger partial charge in [-0.25, -0.2) is 0 Å². The zero-order valence-electron chi connectivity index (χ0n) is 24.9. The summed E-state index contributed by atoms with van der Waals surface area (Å²) in [4.78, 5) is 0. The van der Waals surface area contributed by atoms with Crippen LogP contribution in [0.25, 0.3) is 0 Å². The maximum Gasteiger partial charge on any atom is 0.169 e. The van der Waals surface area contributed by atoms with Crippen LogP contribution in [-0.4, -0.2) is 24.0 Å². The Bertz CT molecular complexity index is 572. The van der Waals surface area contributed by atoms with Gasteiger partial charge in [0.2, 0.25) is 0 Å². The van der Waals surface area contributed by atoms with E-state index in [1.165, 1.54) is 122 Å². The molecule has 216 valence electrons. The Labute approximate surface area is 231 Å². The average molecular weight is 518 g/mol. The predicted octanol–water partition coefficient (Wildman–Crippen LogP) is 10.3. The molecule has 1 aliphatic heterocycles. The number of rotatable bonds is 24. The van der Waals surface area contributed by atoms with Crippen molar-refractivity contribution in [1.29, 1.82) is 0 Å². The lowest BCUT2D eigenvalue weighted by Crippen LogP contribution is -2.33. The number of allylic oxidation sites excluding steroid dienone is 4. The Morgan fingerprint density at radius 3 is 1.49 bits per heavy atom. The van der Waals surface area contributed by atoms with Crippen LogP contribution in [0.1, 0.15) is 168 Å². The van der Waals surface area contributed by atoms with Crippen LogP contribution in [0.2, 0.25) is 0 Å². The third kappa shape index (κ3) is 14.9. The molecule has 0 radical (unpaired) electrons. The summed E-state index contributed by atoms with van der Waals surface area (Å²) in [6, 6.07) is 0.262. The van der Waals surface area contributed by atoms with Gasteiger partial charge in [0.15, 0.2) is 5.79 Å². The summed E-state index contributed by atoms with van der Waals surface area (Å²) in [6.07, 6.45) is 40.3. The van der Waals surface area contributed by atoms with Gasteiger partial charge in [0.1, 0.15) is 0 Å². The summed E-state index contributed by atoms with van der Waals surface area (Å²) in [5.41, 5.74) is 6.18. The fourth-order valence-electron chi connectivity index (χ4n) is 6.10. The van der Waals surface area contributed by atoms with Gasteiger partial charge in [-0.2, -0.15) is 0 Å². The zero-order valence-corrected chi connectivity index (χ0v) is 24.9. The van der Waals surface area contributed by atoms with Crippen molar-refractivity contribution in [2.24, 2.45) is 5.73 Å². The molecule has 1 heterocycles. The molecule has 0 spiro atoms. The topological polar surface area (TPSA) is 44.5 Å². The maximum absolute atomic E-state index is 6.61. The SMILES string of the molecule is CCCCC/C=C\C/C=C\CCCCCCCCC1(CCCCCCCCCC)O[C@H]2C[C@H](N)C[C@H]2O1. The first-order chi connectivity index (χ1) is 18.2. The van der Waals surface area contributed by atoms with E-state index in [9.17, 15) is 0 Å². The fourth-order valence-corrected chi connectivity index (χ4v) is 6.10. The highest BCUT2D eigenvalue weighted by atomic mass is 16.8. The van der Waals surface area contributed by atoms with Crippen molar-refractivity contribution in [1.82, 2.24) is 0 Å². The lowest BCUT2D eigenvalue weighted by Gasteiger charge is -2.30. The summed E-state index contributed by atoms with van der Waals surface area (Å²) < 4.78 is 13.2. The van der Waals surface area contributed by atoms with Crippen LogP contribution in [0, 0.1) is 0 Å². The van der Waals surface area contributed by atoms with E-state index in [4.69, 9.17) is 15.2 Å². The second-order valence-electron chi connectivity index (χ2n) is 12.0. The van der Waals surface area contributed by atoms with Crippen molar-refractivity contribution < 1.29 is 9.47 Å². The van der Waals surface area contributed by atoms with E-state index in [1.54, 1.807) is 0 Å². The van der Waals surface area contributed by atoms with Crippen molar-refractivity contribution in [3.05, 3.63) is 24.3 Å². The van der Waals surface area contributed by atoms with Gasteiger partial charge in [0.05, 0.1) is 12.2 Å². The number of fused-ring (bicyclic) bond motifs is 1. The molecule has 0 aromatic rings. The molecule has 1 saturated carbocycles. The molecule has 0 bridgehead atoms. The molecule has 1 saturated heterocycles. The molecule has 37 heavy (non-hydrogen) atoms. The largest absolute Gasteiger partial charge is 0.344 e. The molecule has 3 nitrogen and oxygen atoms in total. The Morgan fingerprint density at radius 2 is 0.973 bits per heavy atom. The van der Waals surface area contributed by atoms with Gasteiger partial charge in [0.25, 0.3) is 0 Å². The van der Waals surface area contributed by atoms with Gasteiger partial charge >= 0.3 is 0 Å². The second kappa shape index (κ2) is 21.2. The quantitative estimate of drug-likeness (QED) is 0.102. The van der Waals surface area contributed by atoms with Crippen LogP contribution in [0.15, 0.2) is 24.3 Å². The van der Waals surface area contributed by atoms with Gasteiger partial charge in [-0.15, -0.1) is 0 Å². The molecule has 0 aromatic carbocycles. The molecule has 0 amide bonds. The van der Waals surface area contributed by atoms with Gasteiger partial charge < -0.3 is 15.2 Å². The second-order valence-corrected chi connectivity index (χ2v) is 12.0. The average Bonchev–Trinajstić information content (AvgIpc) is 3.39. The lowest BCUT2D eigenvalue weighted by molar-refractivity contribution is -0.191. The normalized spacial score (nSPS) is 25.6. The summed E-state index contributed by atoms with van der Waals surface area (Å²) in [7, 11) is 0. The van der Waals surface area contributed by atoms with Crippen LogP contribution < -0.4 is 5.73 Å². The minimum Gasteiger partial charge on any atom is -0.344 e. The maximum atomic E-state index is 6.61. The Balaban J connectivity index is 1.52. The number of hydrogen-bond donors (Lipinski definition) is 1. The monoisotopic (exact) mass is 517 g/mol. The third-order valence-corrected chi connectivity index (χ3v) is 8.39. The van der Waals surface area contributed by atoms with Crippen molar-refractivity contribution in [2.75, 3.05) is 0 Å².